The van der Waals surface area contributed by atoms with Crippen molar-refractivity contribution in [3.63, 3.8) is 0 Å². The highest BCUT2D eigenvalue weighted by molar-refractivity contribution is 6.10. The summed E-state index contributed by atoms with van der Waals surface area (Å²) in [7, 11) is 0. The summed E-state index contributed by atoms with van der Waals surface area (Å²) in [5, 5.41) is 27.9. The van der Waals surface area contributed by atoms with Crippen molar-refractivity contribution in [1.82, 2.24) is 9.97 Å². The lowest BCUT2D eigenvalue weighted by Gasteiger charge is -2.06. The van der Waals surface area contributed by atoms with Gasteiger partial charge in [-0.25, -0.2) is 14.6 Å². The van der Waals surface area contributed by atoms with Crippen LogP contribution in [0.5, 0.6) is 17.2 Å². The average Bonchev–Trinajstić information content (AvgIpc) is 3.29. The van der Waals surface area contributed by atoms with Crippen molar-refractivity contribution >= 4 is 33.7 Å². The number of aromatic nitrogens is 2. The number of carboxylic acid groups (broad SMARTS) is 2. The molecule has 0 radical (unpaired) electrons. The second-order valence-electron chi connectivity index (χ2n) is 7.69. The van der Waals surface area contributed by atoms with E-state index in [1.54, 1.807) is 6.07 Å². The first-order valence-corrected chi connectivity index (χ1v) is 10.5. The van der Waals surface area contributed by atoms with Crippen LogP contribution in [-0.4, -0.2) is 43.4 Å². The summed E-state index contributed by atoms with van der Waals surface area (Å²) in [6.07, 6.45) is -5.08. The molecule has 0 fully saturated rings. The normalized spacial score (nSPS) is 11.1. The molecule has 4 N–H and O–H groups in total. The number of ether oxygens (including phenoxy) is 1. The number of hydrogen-bond donors (Lipinski definition) is 4. The van der Waals surface area contributed by atoms with Gasteiger partial charge in [0.15, 0.2) is 0 Å². The number of benzene rings is 4. The average molecular weight is 510 g/mol. The van der Waals surface area contributed by atoms with E-state index in [2.05, 4.69) is 9.97 Å². The number of hydrogen-bond acceptors (Lipinski definition) is 5. The van der Waals surface area contributed by atoms with Crippen LogP contribution < -0.4 is 4.74 Å². The summed E-state index contributed by atoms with van der Waals surface area (Å²) in [6, 6.07) is 23.4. The molecule has 0 saturated carbocycles. The zero-order valence-electron chi connectivity index (χ0n) is 18.7. The molecule has 11 heteroatoms. The van der Waals surface area contributed by atoms with Crippen molar-refractivity contribution < 1.29 is 42.8 Å². The molecule has 0 unspecified atom stereocenters. The molecule has 4 aromatic carbocycles. The van der Waals surface area contributed by atoms with E-state index in [4.69, 9.17) is 14.6 Å². The predicted octanol–water partition coefficient (Wildman–Crippen LogP) is 6.21. The fraction of sp³-hybridized carbons (Fsp3) is 0.0385. The number of carboxylic acids is 2. The lowest BCUT2D eigenvalue weighted by molar-refractivity contribution is -0.192. The fourth-order valence-electron chi connectivity index (χ4n) is 3.50. The number of rotatable bonds is 4. The molecule has 0 atom stereocenters. The Balaban J connectivity index is 0.000000405. The number of para-hydroxylation sites is 1. The van der Waals surface area contributed by atoms with E-state index in [1.165, 1.54) is 12.1 Å². The maximum atomic E-state index is 11.3. The molecule has 8 nitrogen and oxygen atoms in total. The smallest absolute Gasteiger partial charge is 0.490 e. The Morgan fingerprint density at radius 2 is 1.54 bits per heavy atom. The van der Waals surface area contributed by atoms with Crippen LogP contribution in [-0.2, 0) is 4.79 Å². The highest BCUT2D eigenvalue weighted by atomic mass is 19.4. The minimum atomic E-state index is -5.08. The van der Waals surface area contributed by atoms with E-state index >= 15 is 0 Å². The zero-order chi connectivity index (χ0) is 26.7. The molecule has 1 aromatic heterocycles. The fourth-order valence-corrected chi connectivity index (χ4v) is 3.50. The first-order valence-electron chi connectivity index (χ1n) is 10.5. The Bertz CT molecular complexity index is 1610. The van der Waals surface area contributed by atoms with Gasteiger partial charge in [0.25, 0.3) is 0 Å². The number of aromatic hydroxyl groups is 1. The van der Waals surface area contributed by atoms with Crippen LogP contribution >= 0.6 is 0 Å². The van der Waals surface area contributed by atoms with Crippen LogP contribution in [0.2, 0.25) is 0 Å². The molecule has 0 bridgehead atoms. The predicted molar refractivity (Wildman–Crippen MR) is 128 cm³/mol. The molecule has 1 heterocycles. The third-order valence-electron chi connectivity index (χ3n) is 5.12. The molecular weight excluding hydrogens is 493 g/mol. The Morgan fingerprint density at radius 3 is 2.19 bits per heavy atom. The Morgan fingerprint density at radius 1 is 0.865 bits per heavy atom. The van der Waals surface area contributed by atoms with Gasteiger partial charge in [0.2, 0.25) is 0 Å². The number of halogens is 3. The summed E-state index contributed by atoms with van der Waals surface area (Å²) in [5.41, 5.74) is 2.17. The number of phenolic OH excluding ortho intramolecular Hbond substituents is 1. The molecule has 188 valence electrons. The third kappa shape index (κ3) is 5.61. The highest BCUT2D eigenvalue weighted by Gasteiger charge is 2.38. The van der Waals surface area contributed by atoms with Crippen LogP contribution in [0.25, 0.3) is 33.2 Å². The van der Waals surface area contributed by atoms with E-state index in [0.717, 1.165) is 16.8 Å². The van der Waals surface area contributed by atoms with E-state index in [1.807, 2.05) is 60.7 Å². The molecule has 37 heavy (non-hydrogen) atoms. The summed E-state index contributed by atoms with van der Waals surface area (Å²) in [5.74, 6) is -1.92. The number of aliphatic carboxylic acids is 1. The van der Waals surface area contributed by atoms with Crippen molar-refractivity contribution in [3.8, 4) is 28.6 Å². The van der Waals surface area contributed by atoms with Gasteiger partial charge in [-0.05, 0) is 47.9 Å². The Hall–Kier alpha value is -5.06. The summed E-state index contributed by atoms with van der Waals surface area (Å²) >= 11 is 0. The number of H-pyrrole nitrogens is 1. The second kappa shape index (κ2) is 9.90. The lowest BCUT2D eigenvalue weighted by atomic mass is 10.0. The lowest BCUT2D eigenvalue weighted by Crippen LogP contribution is -2.21. The molecule has 0 aliphatic rings. The van der Waals surface area contributed by atoms with E-state index in [-0.39, 0.29) is 11.3 Å². The second-order valence-corrected chi connectivity index (χ2v) is 7.69. The molecular formula is C26H17F3N2O6. The minimum absolute atomic E-state index is 0.0286. The Kier molecular flexibility index (Phi) is 6.70. The van der Waals surface area contributed by atoms with E-state index in [0.29, 0.717) is 27.9 Å². The first kappa shape index (κ1) is 25.0. The summed E-state index contributed by atoms with van der Waals surface area (Å²) < 4.78 is 37.6. The van der Waals surface area contributed by atoms with Crippen LogP contribution in [0, 0.1) is 0 Å². The summed E-state index contributed by atoms with van der Waals surface area (Å²) in [4.78, 5) is 28.1. The van der Waals surface area contributed by atoms with Crippen molar-refractivity contribution in [1.29, 1.82) is 0 Å². The van der Waals surface area contributed by atoms with Gasteiger partial charge in [0.05, 0.1) is 16.5 Å². The number of carbonyl (C=O) groups is 2. The maximum Gasteiger partial charge on any atom is 0.490 e. The van der Waals surface area contributed by atoms with E-state index < -0.39 is 18.1 Å². The SMILES string of the molecule is O=C(O)C(F)(F)F.O=C(O)c1cc(O)c2c(ccc3[nH]c(-c4cccc(Oc5ccccc5)c4)nc32)c1. The van der Waals surface area contributed by atoms with Crippen molar-refractivity contribution in [2.75, 3.05) is 0 Å². The number of alkyl halides is 3. The molecule has 0 saturated heterocycles. The van der Waals surface area contributed by atoms with Gasteiger partial charge >= 0.3 is 18.1 Å². The van der Waals surface area contributed by atoms with Crippen LogP contribution in [0.1, 0.15) is 10.4 Å². The number of nitrogens with zero attached hydrogens (tertiary/aromatic N) is 1. The molecule has 0 aliphatic carbocycles. The van der Waals surface area contributed by atoms with Gasteiger partial charge in [-0.2, -0.15) is 13.2 Å². The van der Waals surface area contributed by atoms with Crippen LogP contribution in [0.4, 0.5) is 13.2 Å². The van der Waals surface area contributed by atoms with Gasteiger partial charge in [-0.1, -0.05) is 36.4 Å². The number of nitrogens with one attached hydrogen (secondary N) is 1. The van der Waals surface area contributed by atoms with Crippen LogP contribution in [0.3, 0.4) is 0 Å². The molecule has 5 rings (SSSR count). The van der Waals surface area contributed by atoms with E-state index in [9.17, 15) is 28.2 Å². The third-order valence-corrected chi connectivity index (χ3v) is 5.12. The largest absolute Gasteiger partial charge is 0.507 e. The number of imidazole rings is 1. The van der Waals surface area contributed by atoms with Gasteiger partial charge in [-0.15, -0.1) is 0 Å². The van der Waals surface area contributed by atoms with Crippen molar-refractivity contribution in [2.45, 2.75) is 6.18 Å². The number of fused-ring (bicyclic) bond motifs is 3. The van der Waals surface area contributed by atoms with Crippen LogP contribution in [0.15, 0.2) is 78.9 Å². The van der Waals surface area contributed by atoms with Gasteiger partial charge < -0.3 is 25.0 Å². The minimum Gasteiger partial charge on any atom is -0.507 e. The molecule has 0 amide bonds. The Labute approximate surface area is 206 Å². The molecule has 5 aromatic rings. The topological polar surface area (TPSA) is 133 Å². The number of aromatic amines is 1. The van der Waals surface area contributed by atoms with Crippen molar-refractivity contribution in [2.24, 2.45) is 0 Å². The quantitative estimate of drug-likeness (QED) is 0.226. The standard InChI is InChI=1S/C24H16N2O4.C2HF3O2/c27-20-13-16(24(28)29)11-14-9-10-19-22(21(14)20)26-23(25-19)15-5-4-8-18(12-15)30-17-6-2-1-3-7-17;3-2(4,5)1(6)7/h1-13,27H,(H,25,26)(H,28,29);(H,6,7). The van der Waals surface area contributed by atoms with Gasteiger partial charge in [-0.3, -0.25) is 0 Å². The van der Waals surface area contributed by atoms with Gasteiger partial charge in [0, 0.05) is 5.56 Å². The number of phenols is 1. The molecule has 0 aliphatic heterocycles. The summed E-state index contributed by atoms with van der Waals surface area (Å²) in [6.45, 7) is 0. The zero-order valence-corrected chi connectivity index (χ0v) is 18.7. The molecule has 0 spiro atoms. The van der Waals surface area contributed by atoms with Gasteiger partial charge in [0.1, 0.15) is 28.6 Å². The first-order chi connectivity index (χ1) is 17.5. The van der Waals surface area contributed by atoms with Crippen molar-refractivity contribution in [3.05, 3.63) is 84.4 Å². The highest BCUT2D eigenvalue weighted by Crippen LogP contribution is 2.34. The monoisotopic (exact) mass is 510 g/mol. The maximum absolute atomic E-state index is 11.3. The number of aromatic carboxylic acids is 1.